The molecule has 2 aromatic heterocycles. The number of esters is 1. The number of ether oxygens (including phenoxy) is 1. The first-order valence-electron chi connectivity index (χ1n) is 11.8. The Morgan fingerprint density at radius 2 is 1.97 bits per heavy atom. The Labute approximate surface area is 214 Å². The number of aromatic nitrogens is 1. The molecule has 9 nitrogen and oxygen atoms in total. The summed E-state index contributed by atoms with van der Waals surface area (Å²) in [6, 6.07) is 11.6. The van der Waals surface area contributed by atoms with Gasteiger partial charge in [0.1, 0.15) is 23.5 Å². The number of hydrogen-bond acceptors (Lipinski definition) is 8. The lowest BCUT2D eigenvalue weighted by atomic mass is 9.97. The number of nitrogens with two attached hydrogens (primary N) is 1. The molecule has 3 aromatic rings. The first-order valence-corrected chi connectivity index (χ1v) is 12.7. The maximum atomic E-state index is 13.5. The van der Waals surface area contributed by atoms with Crippen molar-refractivity contribution in [1.82, 2.24) is 20.5 Å². The highest BCUT2D eigenvalue weighted by atomic mass is 32.1. The molecule has 1 fully saturated rings. The van der Waals surface area contributed by atoms with Crippen molar-refractivity contribution >= 4 is 45.0 Å². The number of anilines is 1. The van der Waals surface area contributed by atoms with E-state index in [1.165, 1.54) is 0 Å². The van der Waals surface area contributed by atoms with Crippen LogP contribution in [-0.2, 0) is 25.7 Å². The number of likely N-dealkylation sites (tertiary alicyclic amines) is 1. The number of nitrogens with zero attached hydrogens (tertiary/aromatic N) is 2. The molecule has 0 bridgehead atoms. The van der Waals surface area contributed by atoms with E-state index in [1.54, 1.807) is 43.2 Å². The lowest BCUT2D eigenvalue weighted by Gasteiger charge is -2.41. The highest BCUT2D eigenvalue weighted by molar-refractivity contribution is 7.19. The van der Waals surface area contributed by atoms with E-state index in [0.717, 1.165) is 15.0 Å². The Morgan fingerprint density at radius 3 is 2.61 bits per heavy atom. The van der Waals surface area contributed by atoms with Crippen LogP contribution < -0.4 is 16.4 Å². The maximum Gasteiger partial charge on any atom is 0.320 e. The quantitative estimate of drug-likeness (QED) is 0.399. The van der Waals surface area contributed by atoms with E-state index in [9.17, 15) is 14.4 Å². The number of nitrogen functional groups attached to an aromatic ring is 1. The monoisotopic (exact) mass is 509 g/mol. The van der Waals surface area contributed by atoms with Crippen LogP contribution in [0.15, 0.2) is 48.7 Å². The number of pyridine rings is 1. The first-order chi connectivity index (χ1) is 17.1. The molecular weight excluding hydrogens is 478 g/mol. The van der Waals surface area contributed by atoms with E-state index < -0.39 is 23.7 Å². The standard InChI is InChI=1S/C26H31N5O4S/c1-26(2,3)35-21(32)15-29-22(16-7-5-4-6-8-16)25(34)31-12-10-19(31)24(33)30-14-17-13-18-20(36-17)9-11-28-23(18)27/h4-9,11,13,19,22,29H,10,12,14-15H2,1-3H3,(H2,27,28)(H,30,33)/t19-,22+/m0/s1. The molecule has 1 aliphatic rings. The molecule has 3 heterocycles. The van der Waals surface area contributed by atoms with E-state index in [0.29, 0.717) is 30.9 Å². The Balaban J connectivity index is 1.40. The molecule has 0 saturated carbocycles. The van der Waals surface area contributed by atoms with Gasteiger partial charge in [-0.25, -0.2) is 4.98 Å². The van der Waals surface area contributed by atoms with Gasteiger partial charge in [0.25, 0.3) is 0 Å². The van der Waals surface area contributed by atoms with Crippen LogP contribution >= 0.6 is 11.3 Å². The minimum Gasteiger partial charge on any atom is -0.459 e. The summed E-state index contributed by atoms with van der Waals surface area (Å²) in [5, 5.41) is 6.84. The van der Waals surface area contributed by atoms with Crippen molar-refractivity contribution in [3.8, 4) is 0 Å². The second-order valence-corrected chi connectivity index (χ2v) is 10.9. The zero-order valence-electron chi connectivity index (χ0n) is 20.6. The molecule has 0 unspecified atom stereocenters. The van der Waals surface area contributed by atoms with Gasteiger partial charge in [0.05, 0.1) is 13.1 Å². The summed E-state index contributed by atoms with van der Waals surface area (Å²) in [7, 11) is 0. The van der Waals surface area contributed by atoms with E-state index >= 15 is 0 Å². The van der Waals surface area contributed by atoms with Gasteiger partial charge in [0.15, 0.2) is 0 Å². The van der Waals surface area contributed by atoms with Gasteiger partial charge in [-0.1, -0.05) is 30.3 Å². The van der Waals surface area contributed by atoms with Crippen molar-refractivity contribution in [3.05, 3.63) is 59.1 Å². The molecule has 2 atom stereocenters. The highest BCUT2D eigenvalue weighted by Gasteiger charge is 2.40. The van der Waals surface area contributed by atoms with E-state index in [-0.39, 0.29) is 18.4 Å². The van der Waals surface area contributed by atoms with Gasteiger partial charge in [-0.2, -0.15) is 0 Å². The second-order valence-electron chi connectivity index (χ2n) is 9.69. The average molecular weight is 510 g/mol. The van der Waals surface area contributed by atoms with Crippen LogP contribution in [0.3, 0.4) is 0 Å². The zero-order chi connectivity index (χ0) is 25.9. The lowest BCUT2D eigenvalue weighted by molar-refractivity contribution is -0.154. The summed E-state index contributed by atoms with van der Waals surface area (Å²) in [6.07, 6.45) is 2.24. The van der Waals surface area contributed by atoms with Gasteiger partial charge >= 0.3 is 5.97 Å². The molecule has 0 aliphatic carbocycles. The Hall–Kier alpha value is -3.50. The van der Waals surface area contributed by atoms with Crippen molar-refractivity contribution in [2.45, 2.75) is 51.4 Å². The lowest BCUT2D eigenvalue weighted by Crippen LogP contribution is -2.60. The number of benzene rings is 1. The third-order valence-corrected chi connectivity index (χ3v) is 6.92. The number of nitrogens with one attached hydrogen (secondary N) is 2. The van der Waals surface area contributed by atoms with Gasteiger partial charge in [-0.3, -0.25) is 19.7 Å². The third kappa shape index (κ3) is 6.00. The number of thiophene rings is 1. The number of hydrogen-bond donors (Lipinski definition) is 3. The smallest absolute Gasteiger partial charge is 0.320 e. The van der Waals surface area contributed by atoms with Crippen molar-refractivity contribution in [2.75, 3.05) is 18.8 Å². The zero-order valence-corrected chi connectivity index (χ0v) is 21.4. The minimum absolute atomic E-state index is 0.128. The molecule has 0 spiro atoms. The maximum absolute atomic E-state index is 13.5. The van der Waals surface area contributed by atoms with Crippen LogP contribution in [0, 0.1) is 0 Å². The van der Waals surface area contributed by atoms with Gasteiger partial charge in [-0.05, 0) is 44.9 Å². The largest absolute Gasteiger partial charge is 0.459 e. The molecular formula is C26H31N5O4S. The van der Waals surface area contributed by atoms with E-state index in [1.807, 2.05) is 42.5 Å². The topological polar surface area (TPSA) is 127 Å². The SMILES string of the molecule is CC(C)(C)OC(=O)CN[C@@H](C(=O)N1CC[C@H]1C(=O)NCc1cc2c(N)nccc2s1)c1ccccc1. The van der Waals surface area contributed by atoms with Gasteiger partial charge < -0.3 is 20.7 Å². The molecule has 1 aliphatic heterocycles. The predicted molar refractivity (Wildman–Crippen MR) is 139 cm³/mol. The molecule has 1 aromatic carbocycles. The molecule has 2 amide bonds. The first kappa shape index (κ1) is 25.6. The van der Waals surface area contributed by atoms with Crippen molar-refractivity contribution in [3.63, 3.8) is 0 Å². The fourth-order valence-corrected chi connectivity index (χ4v) is 5.07. The molecule has 190 valence electrons. The fourth-order valence-electron chi connectivity index (χ4n) is 4.06. The number of rotatable bonds is 8. The van der Waals surface area contributed by atoms with Crippen LogP contribution in [-0.4, -0.2) is 52.4 Å². The van der Waals surface area contributed by atoms with E-state index in [4.69, 9.17) is 10.5 Å². The normalized spacial score (nSPS) is 16.3. The van der Waals surface area contributed by atoms with Crippen LogP contribution in [0.2, 0.25) is 0 Å². The average Bonchev–Trinajstić information content (AvgIpc) is 3.21. The Bertz CT molecular complexity index is 1250. The highest BCUT2D eigenvalue weighted by Crippen LogP contribution is 2.29. The number of carbonyl (C=O) groups is 3. The van der Waals surface area contributed by atoms with E-state index in [2.05, 4.69) is 15.6 Å². The molecule has 36 heavy (non-hydrogen) atoms. The number of fused-ring (bicyclic) bond motifs is 1. The number of amides is 2. The van der Waals surface area contributed by atoms with Crippen LogP contribution in [0.1, 0.15) is 43.7 Å². The van der Waals surface area contributed by atoms with Gasteiger partial charge in [-0.15, -0.1) is 11.3 Å². The number of carbonyl (C=O) groups excluding carboxylic acids is 3. The summed E-state index contributed by atoms with van der Waals surface area (Å²) in [5.74, 6) is -0.454. The summed E-state index contributed by atoms with van der Waals surface area (Å²) in [4.78, 5) is 45.3. The minimum atomic E-state index is -0.771. The van der Waals surface area contributed by atoms with Crippen LogP contribution in [0.5, 0.6) is 0 Å². The molecule has 4 rings (SSSR count). The predicted octanol–water partition coefficient (Wildman–Crippen LogP) is 2.77. The second kappa shape index (κ2) is 10.6. The van der Waals surface area contributed by atoms with Crippen molar-refractivity contribution in [1.29, 1.82) is 0 Å². The fraction of sp³-hybridized carbons (Fsp3) is 0.385. The summed E-state index contributed by atoms with van der Waals surface area (Å²) in [6.45, 7) is 6.06. The van der Waals surface area contributed by atoms with Crippen LogP contribution in [0.4, 0.5) is 5.82 Å². The molecule has 4 N–H and O–H groups in total. The molecule has 10 heteroatoms. The van der Waals surface area contributed by atoms with Crippen molar-refractivity contribution in [2.24, 2.45) is 0 Å². The van der Waals surface area contributed by atoms with Gasteiger partial charge in [0.2, 0.25) is 11.8 Å². The van der Waals surface area contributed by atoms with Crippen LogP contribution in [0.25, 0.3) is 10.1 Å². The molecule has 0 radical (unpaired) electrons. The Kier molecular flexibility index (Phi) is 7.56. The third-order valence-electron chi connectivity index (χ3n) is 5.82. The summed E-state index contributed by atoms with van der Waals surface area (Å²) >= 11 is 1.54. The summed E-state index contributed by atoms with van der Waals surface area (Å²) in [5.41, 5.74) is 6.03. The molecule has 1 saturated heterocycles. The Morgan fingerprint density at radius 1 is 1.22 bits per heavy atom. The summed E-state index contributed by atoms with van der Waals surface area (Å²) < 4.78 is 6.37. The van der Waals surface area contributed by atoms with Crippen molar-refractivity contribution < 1.29 is 19.1 Å². The van der Waals surface area contributed by atoms with Gasteiger partial charge in [0, 0.05) is 27.7 Å².